The molecule has 116 valence electrons. The average molecular weight is 317 g/mol. The molecular formula is C19H12FN3O. The summed E-state index contributed by atoms with van der Waals surface area (Å²) in [5.74, 6) is -0.313. The molecule has 4 nitrogen and oxygen atoms in total. The number of hydrogen-bond donors (Lipinski definition) is 1. The van der Waals surface area contributed by atoms with Crippen LogP contribution in [0.15, 0.2) is 66.2 Å². The zero-order chi connectivity index (χ0) is 16.7. The van der Waals surface area contributed by atoms with E-state index in [0.717, 1.165) is 10.9 Å². The first-order chi connectivity index (χ1) is 11.7. The molecule has 1 aliphatic rings. The van der Waals surface area contributed by atoms with E-state index in [-0.39, 0.29) is 17.3 Å². The lowest BCUT2D eigenvalue weighted by Gasteiger charge is -2.27. The number of fused-ring (bicyclic) bond motifs is 3. The van der Waals surface area contributed by atoms with Gasteiger partial charge >= 0.3 is 0 Å². The van der Waals surface area contributed by atoms with Gasteiger partial charge in [-0.1, -0.05) is 30.3 Å². The topological polar surface area (TPSA) is 71.9 Å². The van der Waals surface area contributed by atoms with E-state index in [1.807, 2.05) is 24.3 Å². The minimum atomic E-state index is -0.485. The Kier molecular flexibility index (Phi) is 3.17. The van der Waals surface area contributed by atoms with Crippen molar-refractivity contribution in [2.75, 3.05) is 0 Å². The fourth-order valence-electron chi connectivity index (χ4n) is 3.08. The molecule has 1 aliphatic heterocycles. The molecule has 2 heterocycles. The second kappa shape index (κ2) is 5.36. The molecule has 5 heteroatoms. The Labute approximate surface area is 137 Å². The molecule has 0 unspecified atom stereocenters. The number of allylic oxidation sites excluding steroid dienone is 1. The maximum absolute atomic E-state index is 13.7. The van der Waals surface area contributed by atoms with Crippen LogP contribution in [0.25, 0.3) is 10.9 Å². The van der Waals surface area contributed by atoms with Crippen molar-refractivity contribution < 1.29 is 9.13 Å². The van der Waals surface area contributed by atoms with Gasteiger partial charge in [0.1, 0.15) is 23.0 Å². The molecule has 2 aromatic carbocycles. The monoisotopic (exact) mass is 317 g/mol. The summed E-state index contributed by atoms with van der Waals surface area (Å²) >= 11 is 0. The highest BCUT2D eigenvalue weighted by Gasteiger charge is 2.32. The predicted octanol–water partition coefficient (Wildman–Crippen LogP) is 3.59. The van der Waals surface area contributed by atoms with Gasteiger partial charge in [0.05, 0.1) is 5.92 Å². The second-order valence-corrected chi connectivity index (χ2v) is 5.54. The molecule has 4 rings (SSSR count). The SMILES string of the molecule is N#CC1=C(N)Oc2c(ccc3cccnc23)[C@H]1c1cccc(F)c1. The first-order valence-corrected chi connectivity index (χ1v) is 7.39. The molecule has 0 aliphatic carbocycles. The molecule has 1 aromatic heterocycles. The standard InChI is InChI=1S/C19H12FN3O/c20-13-5-1-3-12(9-13)16-14-7-6-11-4-2-8-23-17(11)18(14)24-19(22)15(16)10-21/h1-9,16H,22H2/t16-/m1/s1. The van der Waals surface area contributed by atoms with Crippen molar-refractivity contribution >= 4 is 10.9 Å². The van der Waals surface area contributed by atoms with E-state index in [1.54, 1.807) is 18.3 Å². The average Bonchev–Trinajstić information content (AvgIpc) is 2.60. The van der Waals surface area contributed by atoms with E-state index < -0.39 is 5.92 Å². The van der Waals surface area contributed by atoms with Crippen molar-refractivity contribution in [3.8, 4) is 11.8 Å². The zero-order valence-electron chi connectivity index (χ0n) is 12.5. The van der Waals surface area contributed by atoms with Crippen LogP contribution in [0.4, 0.5) is 4.39 Å². The number of halogens is 1. The molecule has 0 fully saturated rings. The molecule has 24 heavy (non-hydrogen) atoms. The Balaban J connectivity index is 2.02. The lowest BCUT2D eigenvalue weighted by molar-refractivity contribution is 0.397. The fourth-order valence-corrected chi connectivity index (χ4v) is 3.08. The third-order valence-corrected chi connectivity index (χ3v) is 4.14. The van der Waals surface area contributed by atoms with Crippen molar-refractivity contribution in [3.63, 3.8) is 0 Å². The first kappa shape index (κ1) is 14.2. The van der Waals surface area contributed by atoms with E-state index >= 15 is 0 Å². The van der Waals surface area contributed by atoms with Gasteiger partial charge in [-0.2, -0.15) is 5.26 Å². The number of benzene rings is 2. The Bertz CT molecular complexity index is 1040. The van der Waals surface area contributed by atoms with Crippen LogP contribution < -0.4 is 10.5 Å². The van der Waals surface area contributed by atoms with Crippen LogP contribution in [0.1, 0.15) is 17.0 Å². The molecule has 0 saturated carbocycles. The summed E-state index contributed by atoms with van der Waals surface area (Å²) in [7, 11) is 0. The van der Waals surface area contributed by atoms with Crippen LogP contribution in [0.5, 0.6) is 5.75 Å². The van der Waals surface area contributed by atoms with Gasteiger partial charge in [-0.25, -0.2) is 4.39 Å². The summed E-state index contributed by atoms with van der Waals surface area (Å²) in [6.45, 7) is 0. The quantitative estimate of drug-likeness (QED) is 0.744. The lowest BCUT2D eigenvalue weighted by Crippen LogP contribution is -2.21. The Morgan fingerprint density at radius 3 is 2.83 bits per heavy atom. The van der Waals surface area contributed by atoms with Crippen molar-refractivity contribution in [1.29, 1.82) is 5.26 Å². The van der Waals surface area contributed by atoms with Gasteiger partial charge in [0.2, 0.25) is 5.88 Å². The van der Waals surface area contributed by atoms with Crippen molar-refractivity contribution in [3.05, 3.63) is 83.1 Å². The van der Waals surface area contributed by atoms with E-state index in [2.05, 4.69) is 11.1 Å². The van der Waals surface area contributed by atoms with Gasteiger partial charge in [-0.05, 0) is 23.8 Å². The summed E-state index contributed by atoms with van der Waals surface area (Å²) in [5.41, 5.74) is 8.30. The van der Waals surface area contributed by atoms with Gasteiger partial charge < -0.3 is 10.5 Å². The largest absolute Gasteiger partial charge is 0.438 e. The Hall–Kier alpha value is -3.39. The van der Waals surface area contributed by atoms with Crippen LogP contribution in [0.2, 0.25) is 0 Å². The van der Waals surface area contributed by atoms with Crippen molar-refractivity contribution in [2.45, 2.75) is 5.92 Å². The number of nitrogens with zero attached hydrogens (tertiary/aromatic N) is 2. The maximum Gasteiger partial charge on any atom is 0.205 e. The number of hydrogen-bond acceptors (Lipinski definition) is 4. The number of ether oxygens (including phenoxy) is 1. The van der Waals surface area contributed by atoms with Crippen LogP contribution in [0, 0.1) is 17.1 Å². The minimum absolute atomic E-state index is 0.0254. The number of nitriles is 1. The number of rotatable bonds is 1. The first-order valence-electron chi connectivity index (χ1n) is 7.39. The predicted molar refractivity (Wildman–Crippen MR) is 87.4 cm³/mol. The van der Waals surface area contributed by atoms with Gasteiger partial charge in [-0.3, -0.25) is 4.98 Å². The van der Waals surface area contributed by atoms with E-state index in [1.165, 1.54) is 12.1 Å². The summed E-state index contributed by atoms with van der Waals surface area (Å²) in [5, 5.41) is 10.4. The Morgan fingerprint density at radius 2 is 2.04 bits per heavy atom. The summed E-state index contributed by atoms with van der Waals surface area (Å²) in [6.07, 6.45) is 1.67. The van der Waals surface area contributed by atoms with Gasteiger partial charge in [0, 0.05) is 17.1 Å². The zero-order valence-corrected chi connectivity index (χ0v) is 12.5. The van der Waals surface area contributed by atoms with Crippen LogP contribution >= 0.6 is 0 Å². The normalized spacial score (nSPS) is 16.4. The molecule has 3 aromatic rings. The van der Waals surface area contributed by atoms with Crippen LogP contribution in [-0.4, -0.2) is 4.98 Å². The lowest BCUT2D eigenvalue weighted by atomic mass is 9.83. The van der Waals surface area contributed by atoms with E-state index in [0.29, 0.717) is 16.8 Å². The third-order valence-electron chi connectivity index (χ3n) is 4.14. The maximum atomic E-state index is 13.7. The third kappa shape index (κ3) is 2.09. The molecule has 0 radical (unpaired) electrons. The number of pyridine rings is 1. The number of aromatic nitrogens is 1. The fraction of sp³-hybridized carbons (Fsp3) is 0.0526. The smallest absolute Gasteiger partial charge is 0.205 e. The highest BCUT2D eigenvalue weighted by atomic mass is 19.1. The molecule has 0 saturated heterocycles. The molecule has 0 amide bonds. The van der Waals surface area contributed by atoms with E-state index in [4.69, 9.17) is 10.5 Å². The minimum Gasteiger partial charge on any atom is -0.438 e. The highest BCUT2D eigenvalue weighted by molar-refractivity contribution is 5.87. The summed E-state index contributed by atoms with van der Waals surface area (Å²) in [4.78, 5) is 4.37. The molecule has 0 spiro atoms. The highest BCUT2D eigenvalue weighted by Crippen LogP contribution is 2.44. The molecule has 0 bridgehead atoms. The second-order valence-electron chi connectivity index (χ2n) is 5.54. The van der Waals surface area contributed by atoms with Gasteiger partial charge in [0.15, 0.2) is 5.75 Å². The van der Waals surface area contributed by atoms with Gasteiger partial charge in [0.25, 0.3) is 0 Å². The number of nitrogens with two attached hydrogens (primary N) is 1. The summed E-state index contributed by atoms with van der Waals surface area (Å²) < 4.78 is 19.4. The van der Waals surface area contributed by atoms with Crippen LogP contribution in [0.3, 0.4) is 0 Å². The molecule has 1 atom stereocenters. The van der Waals surface area contributed by atoms with Gasteiger partial charge in [-0.15, -0.1) is 0 Å². The van der Waals surface area contributed by atoms with E-state index in [9.17, 15) is 9.65 Å². The van der Waals surface area contributed by atoms with Crippen molar-refractivity contribution in [2.24, 2.45) is 5.73 Å². The van der Waals surface area contributed by atoms with Crippen molar-refractivity contribution in [1.82, 2.24) is 4.98 Å². The Morgan fingerprint density at radius 1 is 1.17 bits per heavy atom. The van der Waals surface area contributed by atoms with Crippen LogP contribution in [-0.2, 0) is 0 Å². The molecular weight excluding hydrogens is 305 g/mol. The summed E-state index contributed by atoms with van der Waals surface area (Å²) in [6, 6.07) is 15.8. The molecule has 2 N–H and O–H groups in total.